The predicted molar refractivity (Wildman–Crippen MR) is 237 cm³/mol. The average Bonchev–Trinajstić information content (AvgIpc) is 3.77. The summed E-state index contributed by atoms with van der Waals surface area (Å²) < 4.78 is 11.0. The summed E-state index contributed by atoms with van der Waals surface area (Å²) in [5, 5.41) is 9.27. The minimum absolute atomic E-state index is 0.0108. The number of likely N-dealkylation sites (tertiary alicyclic amines) is 2. The number of nitrogens with zero attached hydrogens (tertiary/aromatic N) is 4. The molecule has 6 aromatic rings. The molecule has 2 saturated heterocycles. The van der Waals surface area contributed by atoms with E-state index in [2.05, 4.69) is 45.3 Å². The lowest BCUT2D eigenvalue weighted by molar-refractivity contribution is 0.182. The Morgan fingerprint density at radius 1 is 0.712 bits per heavy atom. The maximum absolute atomic E-state index is 12.5. The van der Waals surface area contributed by atoms with Gasteiger partial charge < -0.3 is 29.9 Å². The third-order valence-electron chi connectivity index (χ3n) is 10.8. The van der Waals surface area contributed by atoms with Gasteiger partial charge in [0.05, 0.1) is 17.8 Å². The monoisotopic (exact) mass is 808 g/mol. The molecule has 0 bridgehead atoms. The average molecular weight is 809 g/mol. The second-order valence-electron chi connectivity index (χ2n) is 15.2. The van der Waals surface area contributed by atoms with Crippen LogP contribution in [0.15, 0.2) is 127 Å². The molecule has 4 heterocycles. The van der Waals surface area contributed by atoms with Crippen LogP contribution < -0.4 is 20.1 Å². The van der Waals surface area contributed by atoms with Crippen LogP contribution in [0.1, 0.15) is 53.3 Å². The van der Waals surface area contributed by atoms with E-state index in [9.17, 15) is 9.59 Å². The lowest BCUT2D eigenvalue weighted by atomic mass is 9.90. The molecular weight excluding hydrogens is 757 g/mol. The molecule has 0 aliphatic carbocycles. The Morgan fingerprint density at radius 2 is 1.34 bits per heavy atom. The first kappa shape index (κ1) is 41.0. The maximum Gasteiger partial charge on any atom is 0.321 e. The van der Waals surface area contributed by atoms with Crippen LogP contribution in [0, 0.1) is 19.8 Å². The van der Waals surface area contributed by atoms with Crippen molar-refractivity contribution < 1.29 is 19.1 Å². The van der Waals surface area contributed by atoms with Crippen molar-refractivity contribution in [2.75, 3.05) is 43.9 Å². The quantitative estimate of drug-likeness (QED) is 0.151. The smallest absolute Gasteiger partial charge is 0.321 e. The van der Waals surface area contributed by atoms with Gasteiger partial charge in [-0.05, 0) is 112 Å². The topological polar surface area (TPSA) is 109 Å². The van der Waals surface area contributed by atoms with Gasteiger partial charge in [0.1, 0.15) is 11.5 Å². The van der Waals surface area contributed by atoms with Gasteiger partial charge in [-0.2, -0.15) is 0 Å². The first-order chi connectivity index (χ1) is 28.8. The summed E-state index contributed by atoms with van der Waals surface area (Å²) in [6, 6.07) is 37.6. The Labute approximate surface area is 351 Å². The minimum atomic E-state index is -0.0484. The van der Waals surface area contributed by atoms with Crippen LogP contribution in [0.3, 0.4) is 0 Å². The van der Waals surface area contributed by atoms with Gasteiger partial charge in [-0.3, -0.25) is 0 Å². The van der Waals surface area contributed by atoms with Crippen LogP contribution in [-0.2, 0) is 6.42 Å². The predicted octanol–water partition coefficient (Wildman–Crippen LogP) is 11.2. The van der Waals surface area contributed by atoms with Gasteiger partial charge in [0.15, 0.2) is 0 Å². The molecule has 0 unspecified atom stereocenters. The van der Waals surface area contributed by atoms with Crippen LogP contribution in [-0.4, -0.2) is 65.1 Å². The molecule has 0 atom stereocenters. The summed E-state index contributed by atoms with van der Waals surface area (Å²) in [5.41, 5.74) is 7.37. The number of piperidine rings is 2. The van der Waals surface area contributed by atoms with E-state index in [1.807, 2.05) is 121 Å². The number of amides is 4. The molecule has 2 N–H and O–H groups in total. The van der Waals surface area contributed by atoms with E-state index >= 15 is 0 Å². The van der Waals surface area contributed by atoms with Gasteiger partial charge in [-0.1, -0.05) is 66.2 Å². The summed E-state index contributed by atoms with van der Waals surface area (Å²) in [4.78, 5) is 38.0. The highest BCUT2D eigenvalue weighted by atomic mass is 32.1. The molecule has 0 radical (unpaired) electrons. The van der Waals surface area contributed by atoms with Crippen LogP contribution in [0.5, 0.6) is 17.4 Å². The molecule has 0 saturated carbocycles. The van der Waals surface area contributed by atoms with Gasteiger partial charge >= 0.3 is 12.1 Å². The Balaban J connectivity index is 0.000000180. The summed E-state index contributed by atoms with van der Waals surface area (Å²) >= 11 is 1.72. The minimum Gasteiger partial charge on any atom is -0.497 e. The highest BCUT2D eigenvalue weighted by Crippen LogP contribution is 2.33. The van der Waals surface area contributed by atoms with E-state index in [4.69, 9.17) is 14.5 Å². The third kappa shape index (κ3) is 11.7. The first-order valence-electron chi connectivity index (χ1n) is 20.3. The molecule has 10 nitrogen and oxygen atoms in total. The molecular formula is C48H52N6O4S. The number of aromatic nitrogens is 2. The maximum atomic E-state index is 12.5. The van der Waals surface area contributed by atoms with Crippen LogP contribution in [0.2, 0.25) is 0 Å². The highest BCUT2D eigenvalue weighted by molar-refractivity contribution is 7.10. The normalized spacial score (nSPS) is 14.5. The van der Waals surface area contributed by atoms with Crippen LogP contribution in [0.25, 0.3) is 11.3 Å². The molecule has 11 heteroatoms. The lowest BCUT2D eigenvalue weighted by Gasteiger charge is -2.32. The zero-order chi connectivity index (χ0) is 41.0. The van der Waals surface area contributed by atoms with E-state index in [1.165, 1.54) is 16.1 Å². The fourth-order valence-corrected chi connectivity index (χ4v) is 8.31. The Kier molecular flexibility index (Phi) is 13.9. The number of nitrogens with one attached hydrogen (secondary N) is 2. The number of hydrogen-bond donors (Lipinski definition) is 2. The van der Waals surface area contributed by atoms with Gasteiger partial charge in [0.2, 0.25) is 5.88 Å². The van der Waals surface area contributed by atoms with E-state index in [-0.39, 0.29) is 12.1 Å². The molecule has 4 aromatic carbocycles. The fraction of sp³-hybridized carbons (Fsp3) is 0.292. The number of aryl methyl sites for hydroxylation is 2. The molecule has 4 amide bonds. The Hall–Kier alpha value is -6.20. The molecule has 0 spiro atoms. The van der Waals surface area contributed by atoms with Crippen molar-refractivity contribution >= 4 is 34.8 Å². The number of pyridine rings is 1. The summed E-state index contributed by atoms with van der Waals surface area (Å²) in [6.07, 6.45) is 6.70. The number of benzene rings is 4. The van der Waals surface area contributed by atoms with Crippen molar-refractivity contribution in [3.63, 3.8) is 0 Å². The lowest BCUT2D eigenvalue weighted by Crippen LogP contribution is -2.41. The van der Waals surface area contributed by atoms with Gasteiger partial charge in [-0.25, -0.2) is 19.6 Å². The number of ether oxygens (including phenoxy) is 2. The molecule has 2 aromatic heterocycles. The molecule has 2 aliphatic rings. The van der Waals surface area contributed by atoms with Crippen molar-refractivity contribution in [3.8, 4) is 28.6 Å². The second kappa shape index (κ2) is 20.0. The number of thiazole rings is 1. The summed E-state index contributed by atoms with van der Waals surface area (Å²) in [7, 11) is 1.63. The van der Waals surface area contributed by atoms with Crippen LogP contribution >= 0.6 is 11.3 Å². The van der Waals surface area contributed by atoms with Gasteiger partial charge in [-0.15, -0.1) is 11.3 Å². The number of urea groups is 2. The van der Waals surface area contributed by atoms with Crippen molar-refractivity contribution in [2.24, 2.45) is 5.92 Å². The van der Waals surface area contributed by atoms with Crippen molar-refractivity contribution in [1.82, 2.24) is 19.8 Å². The van der Waals surface area contributed by atoms with E-state index in [0.29, 0.717) is 17.7 Å². The van der Waals surface area contributed by atoms with Crippen molar-refractivity contribution in [2.45, 2.75) is 51.9 Å². The number of methoxy groups -OCH3 is 1. The zero-order valence-electron chi connectivity index (χ0n) is 34.0. The Bertz CT molecular complexity index is 2250. The first-order valence-corrected chi connectivity index (χ1v) is 21.2. The summed E-state index contributed by atoms with van der Waals surface area (Å²) in [6.45, 7) is 7.10. The highest BCUT2D eigenvalue weighted by Gasteiger charge is 2.26. The molecule has 8 rings (SSSR count). The van der Waals surface area contributed by atoms with E-state index in [0.717, 1.165) is 98.0 Å². The van der Waals surface area contributed by atoms with Crippen molar-refractivity contribution in [1.29, 1.82) is 0 Å². The second-order valence-corrected chi connectivity index (χ2v) is 16.1. The SMILES string of the molecule is COc1ccc(NC(=O)N2CCC(c3nc(-c4ccccc4)cs3)CC2)cc1.Cc1ccc(NC(=O)N2CCC(Cc3cccc(Oc4ccc(C)cn4)c3)CC2)cc1. The van der Waals surface area contributed by atoms with Gasteiger partial charge in [0.25, 0.3) is 0 Å². The van der Waals surface area contributed by atoms with E-state index in [1.54, 1.807) is 18.4 Å². The largest absolute Gasteiger partial charge is 0.497 e. The Morgan fingerprint density at radius 3 is 1.97 bits per heavy atom. The molecule has 304 valence electrons. The zero-order valence-corrected chi connectivity index (χ0v) is 34.8. The molecule has 2 fully saturated rings. The third-order valence-corrected chi connectivity index (χ3v) is 11.8. The van der Waals surface area contributed by atoms with Crippen LogP contribution in [0.4, 0.5) is 21.0 Å². The van der Waals surface area contributed by atoms with E-state index < -0.39 is 0 Å². The molecule has 59 heavy (non-hydrogen) atoms. The van der Waals surface area contributed by atoms with Crippen molar-refractivity contribution in [3.05, 3.63) is 149 Å². The molecule has 2 aliphatic heterocycles. The fourth-order valence-electron chi connectivity index (χ4n) is 7.31. The number of carbonyl (C=O) groups excluding carboxylic acids is 2. The van der Waals surface area contributed by atoms with Gasteiger partial charge in [0, 0.05) is 66.7 Å². The summed E-state index contributed by atoms with van der Waals surface area (Å²) in [5.74, 6) is 3.18. The number of rotatable bonds is 9. The number of hydrogen-bond acceptors (Lipinski definition) is 7. The number of carbonyl (C=O) groups is 2. The standard InChI is InChI=1S/C26H29N3O2.C22H23N3O2S/c1-19-6-9-23(10-7-19)28-26(30)29-14-12-21(13-15-29)16-22-4-3-5-24(17-22)31-25-11-8-20(2)18-27-25;1-27-19-9-7-18(8-10-19)23-22(26)25-13-11-17(12-14-25)21-24-20(15-28-21)16-5-3-2-4-6-16/h3-11,17-18,21H,12-16H2,1-2H3,(H,28,30);2-10,15,17H,11-14H2,1H3,(H,23,26). The number of anilines is 2.